The van der Waals surface area contributed by atoms with Gasteiger partial charge in [-0.1, -0.05) is 38.2 Å². The van der Waals surface area contributed by atoms with Crippen LogP contribution in [0.3, 0.4) is 0 Å². The van der Waals surface area contributed by atoms with Crippen LogP contribution in [0.2, 0.25) is 0 Å². The van der Waals surface area contributed by atoms with Crippen molar-refractivity contribution in [3.05, 3.63) is 29.8 Å². The van der Waals surface area contributed by atoms with Crippen molar-refractivity contribution in [1.29, 1.82) is 0 Å². The smallest absolute Gasteiger partial charge is 0.250 e. The molecule has 21 heavy (non-hydrogen) atoms. The van der Waals surface area contributed by atoms with Crippen molar-refractivity contribution >= 4 is 28.8 Å². The van der Waals surface area contributed by atoms with E-state index in [2.05, 4.69) is 19.2 Å². The topological polar surface area (TPSA) is 73.6 Å². The van der Waals surface area contributed by atoms with Crippen LogP contribution in [-0.2, 0) is 14.3 Å². The molecule has 0 spiro atoms. The lowest BCUT2D eigenvalue weighted by Gasteiger charge is -2.10. The highest BCUT2D eigenvalue weighted by Crippen LogP contribution is 2.14. The third-order valence-electron chi connectivity index (χ3n) is 2.52. The minimum atomic E-state index is -0.248. The largest absolute Gasteiger partial charge is 0.389 e. The Morgan fingerprint density at radius 1 is 1.29 bits per heavy atom. The van der Waals surface area contributed by atoms with Crippen LogP contribution in [0.25, 0.3) is 0 Å². The van der Waals surface area contributed by atoms with Gasteiger partial charge in [0.25, 0.3) is 0 Å². The maximum atomic E-state index is 11.8. The predicted molar refractivity (Wildman–Crippen MR) is 87.4 cm³/mol. The molecule has 1 aromatic carbocycles. The molecule has 0 aliphatic carbocycles. The van der Waals surface area contributed by atoms with Gasteiger partial charge in [-0.15, -0.1) is 0 Å². The van der Waals surface area contributed by atoms with Crippen LogP contribution in [0.15, 0.2) is 24.3 Å². The maximum absolute atomic E-state index is 11.8. The van der Waals surface area contributed by atoms with Crippen molar-refractivity contribution in [2.24, 2.45) is 11.7 Å². The zero-order valence-electron chi connectivity index (χ0n) is 12.4. The molecule has 0 atom stereocenters. The summed E-state index contributed by atoms with van der Waals surface area (Å²) >= 11 is 4.94. The van der Waals surface area contributed by atoms with Crippen molar-refractivity contribution in [1.82, 2.24) is 0 Å². The Balaban J connectivity index is 2.30. The number of nitrogens with two attached hydrogens (primary N) is 1. The first-order chi connectivity index (χ1) is 10.0. The number of hydrogen-bond acceptors (Lipinski definition) is 4. The van der Waals surface area contributed by atoms with Gasteiger partial charge in [0.1, 0.15) is 11.6 Å². The summed E-state index contributed by atoms with van der Waals surface area (Å²) in [6.07, 6.45) is 0. The lowest BCUT2D eigenvalue weighted by Crippen LogP contribution is -2.22. The lowest BCUT2D eigenvalue weighted by molar-refractivity contribution is -0.121. The molecular formula is C15H22N2O3S. The molecule has 116 valence electrons. The summed E-state index contributed by atoms with van der Waals surface area (Å²) in [6, 6.07) is 7.13. The second-order valence-electron chi connectivity index (χ2n) is 4.98. The molecule has 0 saturated carbocycles. The molecule has 0 aliphatic heterocycles. The molecular weight excluding hydrogens is 288 g/mol. The van der Waals surface area contributed by atoms with Crippen LogP contribution in [0.4, 0.5) is 5.69 Å². The van der Waals surface area contributed by atoms with E-state index in [1.54, 1.807) is 18.2 Å². The van der Waals surface area contributed by atoms with Gasteiger partial charge in [0.15, 0.2) is 0 Å². The van der Waals surface area contributed by atoms with E-state index in [1.165, 1.54) is 0 Å². The van der Waals surface area contributed by atoms with Gasteiger partial charge in [0, 0.05) is 12.2 Å². The van der Waals surface area contributed by atoms with Crippen LogP contribution >= 0.6 is 12.2 Å². The number of thiocarbonyl (C=S) groups is 1. The summed E-state index contributed by atoms with van der Waals surface area (Å²) in [4.78, 5) is 12.0. The number of amides is 1. The first-order valence-electron chi connectivity index (χ1n) is 6.85. The Bertz CT molecular complexity index is 478. The third-order valence-corrected chi connectivity index (χ3v) is 2.74. The Kier molecular flexibility index (Phi) is 7.89. The van der Waals surface area contributed by atoms with E-state index in [4.69, 9.17) is 27.4 Å². The van der Waals surface area contributed by atoms with Crippen molar-refractivity contribution in [2.45, 2.75) is 13.8 Å². The van der Waals surface area contributed by atoms with Crippen LogP contribution in [-0.4, -0.2) is 37.3 Å². The van der Waals surface area contributed by atoms with E-state index in [0.717, 1.165) is 0 Å². The normalized spacial score (nSPS) is 10.6. The highest BCUT2D eigenvalue weighted by atomic mass is 32.1. The number of ether oxygens (including phenoxy) is 2. The molecule has 0 aliphatic rings. The van der Waals surface area contributed by atoms with Gasteiger partial charge < -0.3 is 20.5 Å². The Hall–Kier alpha value is -1.50. The monoisotopic (exact) mass is 310 g/mol. The third kappa shape index (κ3) is 7.17. The van der Waals surface area contributed by atoms with Crippen LogP contribution in [0, 0.1) is 5.92 Å². The van der Waals surface area contributed by atoms with Crippen molar-refractivity contribution < 1.29 is 14.3 Å². The number of benzene rings is 1. The van der Waals surface area contributed by atoms with E-state index in [9.17, 15) is 4.79 Å². The van der Waals surface area contributed by atoms with E-state index in [1.807, 2.05) is 6.07 Å². The molecule has 0 unspecified atom stereocenters. The SMILES string of the molecule is CC(C)COCCOCC(=O)Nc1ccccc1C(N)=S. The maximum Gasteiger partial charge on any atom is 0.250 e. The zero-order valence-corrected chi connectivity index (χ0v) is 13.2. The van der Waals surface area contributed by atoms with Crippen molar-refractivity contribution in [3.63, 3.8) is 0 Å². The average Bonchev–Trinajstić information content (AvgIpc) is 2.42. The minimum absolute atomic E-state index is 0.0310. The van der Waals surface area contributed by atoms with E-state index in [0.29, 0.717) is 37.0 Å². The molecule has 0 heterocycles. The van der Waals surface area contributed by atoms with Gasteiger partial charge in [-0.25, -0.2) is 0 Å². The number of rotatable bonds is 9. The first kappa shape index (κ1) is 17.6. The molecule has 6 heteroatoms. The van der Waals surface area contributed by atoms with Crippen LogP contribution in [0.5, 0.6) is 0 Å². The fourth-order valence-electron chi connectivity index (χ4n) is 1.60. The van der Waals surface area contributed by atoms with Gasteiger partial charge in [0.2, 0.25) is 5.91 Å². The minimum Gasteiger partial charge on any atom is -0.389 e. The summed E-state index contributed by atoms with van der Waals surface area (Å²) in [5.41, 5.74) is 6.83. The summed E-state index contributed by atoms with van der Waals surface area (Å²) < 4.78 is 10.6. The molecule has 0 radical (unpaired) electrons. The Morgan fingerprint density at radius 3 is 2.62 bits per heavy atom. The molecule has 0 saturated heterocycles. The summed E-state index contributed by atoms with van der Waals surface area (Å²) in [7, 11) is 0. The summed E-state index contributed by atoms with van der Waals surface area (Å²) in [5, 5.41) is 2.73. The lowest BCUT2D eigenvalue weighted by atomic mass is 10.2. The van der Waals surface area contributed by atoms with Gasteiger partial charge in [-0.2, -0.15) is 0 Å². The van der Waals surface area contributed by atoms with Gasteiger partial charge in [-0.3, -0.25) is 4.79 Å². The number of nitrogens with one attached hydrogen (secondary N) is 1. The molecule has 1 amide bonds. The van der Waals surface area contributed by atoms with E-state index in [-0.39, 0.29) is 17.5 Å². The fraction of sp³-hybridized carbons (Fsp3) is 0.467. The zero-order chi connectivity index (χ0) is 15.7. The summed E-state index contributed by atoms with van der Waals surface area (Å²) in [5.74, 6) is 0.243. The average molecular weight is 310 g/mol. The van der Waals surface area contributed by atoms with Crippen LogP contribution < -0.4 is 11.1 Å². The highest BCUT2D eigenvalue weighted by molar-refractivity contribution is 7.80. The summed E-state index contributed by atoms with van der Waals surface area (Å²) in [6.45, 7) is 5.68. The van der Waals surface area contributed by atoms with E-state index >= 15 is 0 Å². The molecule has 1 rings (SSSR count). The first-order valence-corrected chi connectivity index (χ1v) is 7.25. The number of carbonyl (C=O) groups excluding carboxylic acids is 1. The Morgan fingerprint density at radius 2 is 1.95 bits per heavy atom. The molecule has 0 fully saturated rings. The molecule has 0 bridgehead atoms. The number of para-hydroxylation sites is 1. The number of carbonyl (C=O) groups is 1. The predicted octanol–water partition coefficient (Wildman–Crippen LogP) is 1.95. The molecule has 3 N–H and O–H groups in total. The molecule has 1 aromatic rings. The second-order valence-corrected chi connectivity index (χ2v) is 5.42. The van der Waals surface area contributed by atoms with Crippen LogP contribution in [0.1, 0.15) is 19.4 Å². The number of anilines is 1. The van der Waals surface area contributed by atoms with Crippen molar-refractivity contribution in [3.8, 4) is 0 Å². The molecule has 5 nitrogen and oxygen atoms in total. The fourth-order valence-corrected chi connectivity index (χ4v) is 1.77. The van der Waals surface area contributed by atoms with Gasteiger partial charge in [0.05, 0.1) is 18.9 Å². The van der Waals surface area contributed by atoms with E-state index < -0.39 is 0 Å². The number of hydrogen-bond donors (Lipinski definition) is 2. The Labute approximate surface area is 130 Å². The van der Waals surface area contributed by atoms with Crippen molar-refractivity contribution in [2.75, 3.05) is 31.7 Å². The standard InChI is InChI=1S/C15H22N2O3S/c1-11(2)9-19-7-8-20-10-14(18)17-13-6-4-3-5-12(13)15(16)21/h3-6,11H,7-10H2,1-2H3,(H2,16,21)(H,17,18). The van der Waals surface area contributed by atoms with Gasteiger partial charge in [-0.05, 0) is 18.1 Å². The molecule has 0 aromatic heterocycles. The highest BCUT2D eigenvalue weighted by Gasteiger charge is 2.08. The quantitative estimate of drug-likeness (QED) is 0.539. The second kappa shape index (κ2) is 9.44. The van der Waals surface area contributed by atoms with Gasteiger partial charge >= 0.3 is 0 Å².